The molecule has 0 radical (unpaired) electrons. The molecule has 0 saturated carbocycles. The Bertz CT molecular complexity index is 1090. The Morgan fingerprint density at radius 2 is 1.72 bits per heavy atom. The summed E-state index contributed by atoms with van der Waals surface area (Å²) in [7, 11) is 0. The lowest BCUT2D eigenvalue weighted by Crippen LogP contribution is -2.21. The van der Waals surface area contributed by atoms with Gasteiger partial charge in [-0.05, 0) is 25.0 Å². The fourth-order valence-corrected chi connectivity index (χ4v) is 4.10. The molecular weight excluding hydrogens is 328 g/mol. The molecule has 2 aromatic carbocycles. The first-order valence-electron chi connectivity index (χ1n) is 8.23. The maximum absolute atomic E-state index is 13.1. The van der Waals surface area contributed by atoms with E-state index in [2.05, 4.69) is 43.1 Å². The van der Waals surface area contributed by atoms with E-state index in [9.17, 15) is 4.79 Å². The van der Waals surface area contributed by atoms with Crippen LogP contribution in [-0.4, -0.2) is 9.55 Å². The molecular formula is C21H18N2OS. The van der Waals surface area contributed by atoms with Crippen molar-refractivity contribution in [1.29, 1.82) is 0 Å². The number of hydrogen-bond acceptors (Lipinski definition) is 3. The van der Waals surface area contributed by atoms with Crippen LogP contribution in [0.1, 0.15) is 16.0 Å². The van der Waals surface area contributed by atoms with Crippen LogP contribution in [0.25, 0.3) is 21.3 Å². The van der Waals surface area contributed by atoms with Crippen molar-refractivity contribution in [3.63, 3.8) is 0 Å². The Kier molecular flexibility index (Phi) is 3.98. The van der Waals surface area contributed by atoms with E-state index in [0.29, 0.717) is 6.54 Å². The minimum absolute atomic E-state index is 0.0220. The molecule has 0 saturated heterocycles. The highest BCUT2D eigenvalue weighted by Crippen LogP contribution is 2.35. The van der Waals surface area contributed by atoms with Gasteiger partial charge in [0.15, 0.2) is 0 Å². The largest absolute Gasteiger partial charge is 0.294 e. The van der Waals surface area contributed by atoms with Gasteiger partial charge in [0, 0.05) is 10.4 Å². The zero-order valence-corrected chi connectivity index (χ0v) is 15.0. The summed E-state index contributed by atoms with van der Waals surface area (Å²) in [4.78, 5) is 19.6. The van der Waals surface area contributed by atoms with Crippen molar-refractivity contribution in [3.8, 4) is 11.1 Å². The first kappa shape index (κ1) is 15.8. The SMILES string of the molecule is Cc1ccc(-c2c(C)sc3ncn(Cc4ccccc4)c(=O)c23)cc1. The molecule has 25 heavy (non-hydrogen) atoms. The van der Waals surface area contributed by atoms with Crippen molar-refractivity contribution >= 4 is 21.6 Å². The van der Waals surface area contributed by atoms with Crippen LogP contribution >= 0.6 is 11.3 Å². The average molecular weight is 346 g/mol. The summed E-state index contributed by atoms with van der Waals surface area (Å²) in [6, 6.07) is 18.3. The van der Waals surface area contributed by atoms with E-state index in [-0.39, 0.29) is 5.56 Å². The molecule has 0 amide bonds. The lowest BCUT2D eigenvalue weighted by atomic mass is 10.0. The standard InChI is InChI=1S/C21H18N2OS/c1-14-8-10-17(11-9-14)18-15(2)25-20-19(18)21(24)23(13-22-20)12-16-6-4-3-5-7-16/h3-11,13H,12H2,1-2H3. The number of rotatable bonds is 3. The summed E-state index contributed by atoms with van der Waals surface area (Å²) in [5, 5.41) is 0.727. The normalized spacial score (nSPS) is 11.1. The number of benzene rings is 2. The van der Waals surface area contributed by atoms with Gasteiger partial charge in [0.05, 0.1) is 18.3 Å². The molecule has 0 fully saturated rings. The summed E-state index contributed by atoms with van der Waals surface area (Å²) in [6.07, 6.45) is 1.66. The van der Waals surface area contributed by atoms with Crippen LogP contribution in [0.5, 0.6) is 0 Å². The predicted molar refractivity (Wildman–Crippen MR) is 104 cm³/mol. The van der Waals surface area contributed by atoms with E-state index in [1.165, 1.54) is 5.56 Å². The fourth-order valence-electron chi connectivity index (χ4n) is 3.10. The molecule has 0 bridgehead atoms. The number of nitrogens with zero attached hydrogens (tertiary/aromatic N) is 2. The van der Waals surface area contributed by atoms with Gasteiger partial charge in [-0.1, -0.05) is 60.2 Å². The summed E-state index contributed by atoms with van der Waals surface area (Å²) in [5.41, 5.74) is 4.41. The molecule has 2 aromatic heterocycles. The van der Waals surface area contributed by atoms with Crippen molar-refractivity contribution < 1.29 is 0 Å². The van der Waals surface area contributed by atoms with Crippen LogP contribution in [-0.2, 0) is 6.54 Å². The summed E-state index contributed by atoms with van der Waals surface area (Å²) in [5.74, 6) is 0. The maximum Gasteiger partial charge on any atom is 0.263 e. The zero-order valence-electron chi connectivity index (χ0n) is 14.2. The van der Waals surface area contributed by atoms with Crippen LogP contribution in [0.2, 0.25) is 0 Å². The van der Waals surface area contributed by atoms with Crippen LogP contribution in [0.3, 0.4) is 0 Å². The van der Waals surface area contributed by atoms with Gasteiger partial charge in [-0.2, -0.15) is 0 Å². The number of hydrogen-bond donors (Lipinski definition) is 0. The third kappa shape index (κ3) is 2.89. The van der Waals surface area contributed by atoms with Gasteiger partial charge in [0.1, 0.15) is 4.83 Å². The zero-order chi connectivity index (χ0) is 17.4. The maximum atomic E-state index is 13.1. The number of fused-ring (bicyclic) bond motifs is 1. The van der Waals surface area contributed by atoms with Crippen LogP contribution in [0.4, 0.5) is 0 Å². The highest BCUT2D eigenvalue weighted by Gasteiger charge is 2.16. The Morgan fingerprint density at radius 3 is 2.44 bits per heavy atom. The molecule has 4 rings (SSSR count). The van der Waals surface area contributed by atoms with Gasteiger partial charge >= 0.3 is 0 Å². The van der Waals surface area contributed by atoms with E-state index >= 15 is 0 Å². The lowest BCUT2D eigenvalue weighted by Gasteiger charge is -2.07. The predicted octanol–water partition coefficient (Wildman–Crippen LogP) is 4.79. The number of aryl methyl sites for hydroxylation is 2. The monoisotopic (exact) mass is 346 g/mol. The second-order valence-electron chi connectivity index (χ2n) is 6.24. The van der Waals surface area contributed by atoms with Crippen molar-refractivity contribution in [2.45, 2.75) is 20.4 Å². The highest BCUT2D eigenvalue weighted by atomic mass is 32.1. The van der Waals surface area contributed by atoms with Crippen molar-refractivity contribution in [2.75, 3.05) is 0 Å². The van der Waals surface area contributed by atoms with Crippen LogP contribution in [0, 0.1) is 13.8 Å². The molecule has 0 atom stereocenters. The molecule has 3 nitrogen and oxygen atoms in total. The van der Waals surface area contributed by atoms with Gasteiger partial charge in [-0.25, -0.2) is 4.98 Å². The second-order valence-corrected chi connectivity index (χ2v) is 7.45. The second kappa shape index (κ2) is 6.30. The highest BCUT2D eigenvalue weighted by molar-refractivity contribution is 7.19. The Labute approximate surface area is 150 Å². The summed E-state index contributed by atoms with van der Waals surface area (Å²) in [6.45, 7) is 4.66. The molecule has 4 heteroatoms. The molecule has 124 valence electrons. The third-order valence-electron chi connectivity index (χ3n) is 4.39. The van der Waals surface area contributed by atoms with Gasteiger partial charge in [-0.15, -0.1) is 11.3 Å². The molecule has 2 heterocycles. The van der Waals surface area contributed by atoms with Crippen LogP contribution < -0.4 is 5.56 Å². The van der Waals surface area contributed by atoms with Gasteiger partial charge < -0.3 is 0 Å². The molecule has 0 spiro atoms. The molecule has 0 aliphatic heterocycles. The molecule has 0 N–H and O–H groups in total. The van der Waals surface area contributed by atoms with Gasteiger partial charge in [0.25, 0.3) is 5.56 Å². The minimum atomic E-state index is 0.0220. The Balaban J connectivity index is 1.89. The molecule has 4 aromatic rings. The molecule has 0 unspecified atom stereocenters. The molecule has 0 aliphatic rings. The number of aromatic nitrogens is 2. The van der Waals surface area contributed by atoms with Gasteiger partial charge in [-0.3, -0.25) is 9.36 Å². The van der Waals surface area contributed by atoms with Crippen molar-refractivity contribution in [1.82, 2.24) is 9.55 Å². The smallest absolute Gasteiger partial charge is 0.263 e. The molecule has 0 aliphatic carbocycles. The van der Waals surface area contributed by atoms with E-state index in [1.807, 2.05) is 30.3 Å². The quantitative estimate of drug-likeness (QED) is 0.534. The first-order valence-corrected chi connectivity index (χ1v) is 9.04. The van der Waals surface area contributed by atoms with Crippen molar-refractivity contribution in [3.05, 3.63) is 87.3 Å². The fraction of sp³-hybridized carbons (Fsp3) is 0.143. The van der Waals surface area contributed by atoms with E-state index < -0.39 is 0 Å². The first-order chi connectivity index (χ1) is 12.1. The van der Waals surface area contributed by atoms with E-state index in [0.717, 1.165) is 31.8 Å². The average Bonchev–Trinajstić information content (AvgIpc) is 2.96. The summed E-state index contributed by atoms with van der Waals surface area (Å²) >= 11 is 1.58. The Morgan fingerprint density at radius 1 is 1.00 bits per heavy atom. The van der Waals surface area contributed by atoms with E-state index in [4.69, 9.17) is 0 Å². The summed E-state index contributed by atoms with van der Waals surface area (Å²) < 4.78 is 1.70. The van der Waals surface area contributed by atoms with Gasteiger partial charge in [0.2, 0.25) is 0 Å². The third-order valence-corrected chi connectivity index (χ3v) is 5.40. The lowest BCUT2D eigenvalue weighted by molar-refractivity contribution is 0.749. The topological polar surface area (TPSA) is 34.9 Å². The van der Waals surface area contributed by atoms with Crippen LogP contribution in [0.15, 0.2) is 65.7 Å². The minimum Gasteiger partial charge on any atom is -0.294 e. The van der Waals surface area contributed by atoms with Crippen molar-refractivity contribution in [2.24, 2.45) is 0 Å². The Hall–Kier alpha value is -2.72. The number of thiophene rings is 1. The van der Waals surface area contributed by atoms with E-state index in [1.54, 1.807) is 22.2 Å².